The minimum Gasteiger partial charge on any atom is -0.352 e. The van der Waals surface area contributed by atoms with Gasteiger partial charge < -0.3 is 21.3 Å². The van der Waals surface area contributed by atoms with E-state index in [1.165, 1.54) is 0 Å². The van der Waals surface area contributed by atoms with Crippen molar-refractivity contribution in [1.29, 1.82) is 5.26 Å². The second-order valence-corrected chi connectivity index (χ2v) is 12.7. The number of hydrogen-bond donors (Lipinski definition) is 5. The number of amides is 4. The Morgan fingerprint density at radius 3 is 2.09 bits per heavy atom. The first-order valence-electron chi connectivity index (χ1n) is 14.8. The van der Waals surface area contributed by atoms with E-state index in [4.69, 9.17) is 5.26 Å². The summed E-state index contributed by atoms with van der Waals surface area (Å²) < 4.78 is 28.6. The highest BCUT2D eigenvalue weighted by Crippen LogP contribution is 2.11. The molecule has 12 nitrogen and oxygen atoms in total. The number of nitriles is 1. The van der Waals surface area contributed by atoms with Crippen LogP contribution in [0.25, 0.3) is 0 Å². The molecule has 2 bridgehead atoms. The third kappa shape index (κ3) is 10.8. The number of sulfonamides is 1. The van der Waals surface area contributed by atoms with Crippen molar-refractivity contribution in [2.75, 3.05) is 0 Å². The predicted octanol–water partition coefficient (Wildman–Crippen LogP) is 1.65. The maximum absolute atomic E-state index is 13.6. The van der Waals surface area contributed by atoms with E-state index in [0.717, 1.165) is 11.1 Å². The predicted molar refractivity (Wildman–Crippen MR) is 170 cm³/mol. The molecule has 0 fully saturated rings. The van der Waals surface area contributed by atoms with Gasteiger partial charge in [0, 0.05) is 32.5 Å². The summed E-state index contributed by atoms with van der Waals surface area (Å²) in [6, 6.07) is 21.8. The van der Waals surface area contributed by atoms with Crippen molar-refractivity contribution >= 4 is 33.7 Å². The fourth-order valence-electron chi connectivity index (χ4n) is 4.82. The average Bonchev–Trinajstić information content (AvgIpc) is 3.05. The van der Waals surface area contributed by atoms with Gasteiger partial charge in [0.15, 0.2) is 0 Å². The third-order valence-electron chi connectivity index (χ3n) is 7.31. The molecule has 2 atom stereocenters. The first kappa shape index (κ1) is 33.8. The number of benzene rings is 3. The summed E-state index contributed by atoms with van der Waals surface area (Å²) in [5.41, 5.74) is 3.30. The zero-order chi connectivity index (χ0) is 32.9. The van der Waals surface area contributed by atoms with E-state index in [0.29, 0.717) is 16.7 Å². The Hall–Kier alpha value is -5.06. The van der Waals surface area contributed by atoms with Crippen molar-refractivity contribution in [1.82, 2.24) is 26.0 Å². The van der Waals surface area contributed by atoms with Gasteiger partial charge in [-0.3, -0.25) is 19.2 Å². The van der Waals surface area contributed by atoms with Crippen molar-refractivity contribution in [2.24, 2.45) is 0 Å². The largest absolute Gasteiger partial charge is 0.352 e. The van der Waals surface area contributed by atoms with Gasteiger partial charge in [0.1, 0.15) is 12.1 Å². The van der Waals surface area contributed by atoms with Gasteiger partial charge in [-0.05, 0) is 47.2 Å². The fourth-order valence-corrected chi connectivity index (χ4v) is 6.20. The van der Waals surface area contributed by atoms with E-state index in [9.17, 15) is 27.6 Å². The van der Waals surface area contributed by atoms with Gasteiger partial charge >= 0.3 is 0 Å². The topological polar surface area (TPSA) is 186 Å². The van der Waals surface area contributed by atoms with Crippen molar-refractivity contribution in [2.45, 2.75) is 63.2 Å². The summed E-state index contributed by atoms with van der Waals surface area (Å²) in [4.78, 5) is 52.4. The molecule has 0 radical (unpaired) electrons. The molecule has 13 heteroatoms. The molecule has 0 unspecified atom stereocenters. The Balaban J connectivity index is 1.55. The molecule has 240 valence electrons. The third-order valence-corrected chi connectivity index (χ3v) is 8.67. The molecule has 0 spiro atoms. The SMILES string of the molecule is N#Cc1ccc(CNC(=O)[C@@H]2CCC(=O)NCc3cccc(c3)CNC(=O)CC[C@@H](NS(=O)(=O)Cc3ccccc3)C(=O)N2)cc1. The lowest BCUT2D eigenvalue weighted by Gasteiger charge is -2.23. The minimum atomic E-state index is -4.04. The van der Waals surface area contributed by atoms with E-state index in [2.05, 4.69) is 26.0 Å². The van der Waals surface area contributed by atoms with Gasteiger partial charge in [-0.15, -0.1) is 0 Å². The van der Waals surface area contributed by atoms with Crippen molar-refractivity contribution in [3.05, 3.63) is 107 Å². The fraction of sp³-hybridized carbons (Fsp3) is 0.303. The van der Waals surface area contributed by atoms with Crippen LogP contribution in [-0.2, 0) is 54.6 Å². The number of nitrogens with one attached hydrogen (secondary N) is 5. The van der Waals surface area contributed by atoms with Gasteiger partial charge in [-0.25, -0.2) is 13.1 Å². The van der Waals surface area contributed by atoms with Gasteiger partial charge in [0.25, 0.3) is 0 Å². The Kier molecular flexibility index (Phi) is 12.0. The number of carbonyl (C=O) groups is 4. The minimum absolute atomic E-state index is 0.0687. The lowest BCUT2D eigenvalue weighted by Crippen LogP contribution is -2.54. The lowest BCUT2D eigenvalue weighted by atomic mass is 10.1. The molecule has 0 saturated heterocycles. The molecule has 0 saturated carbocycles. The first-order chi connectivity index (χ1) is 22.1. The molecule has 1 aliphatic rings. The molecule has 0 aromatic heterocycles. The summed E-state index contributed by atoms with van der Waals surface area (Å²) in [6.45, 7) is 0.527. The van der Waals surface area contributed by atoms with E-state index in [-0.39, 0.29) is 57.1 Å². The Bertz CT molecular complexity index is 1690. The summed E-state index contributed by atoms with van der Waals surface area (Å²) >= 11 is 0. The van der Waals surface area contributed by atoms with Crippen molar-refractivity contribution < 1.29 is 27.6 Å². The molecule has 4 rings (SSSR count). The van der Waals surface area contributed by atoms with Crippen LogP contribution in [0, 0.1) is 11.3 Å². The quantitative estimate of drug-likeness (QED) is 0.259. The van der Waals surface area contributed by atoms with Crippen LogP contribution < -0.4 is 26.0 Å². The highest BCUT2D eigenvalue weighted by Gasteiger charge is 2.30. The lowest BCUT2D eigenvalue weighted by molar-refractivity contribution is -0.131. The second kappa shape index (κ2) is 16.3. The summed E-state index contributed by atoms with van der Waals surface area (Å²) in [7, 11) is -4.04. The molecule has 3 aromatic carbocycles. The standard InChI is InChI=1S/C33H36N6O6S/c34-18-23-9-11-24(12-10-23)19-37-32(42)28-13-15-30(40)35-20-26-7-4-8-27(17-26)21-36-31(41)16-14-29(33(43)38-28)39-46(44,45)22-25-5-2-1-3-6-25/h1-12,17,28-29,39H,13-16,19-22H2,(H,35,40)(H,36,41)(H,37,42)(H,38,43)/t28-,29+/m0/s1. The molecule has 1 aliphatic heterocycles. The zero-order valence-corrected chi connectivity index (χ0v) is 25.9. The highest BCUT2D eigenvalue weighted by molar-refractivity contribution is 7.88. The van der Waals surface area contributed by atoms with Gasteiger partial charge in [-0.2, -0.15) is 5.26 Å². The summed E-state index contributed by atoms with van der Waals surface area (Å²) in [5.74, 6) is -2.52. The van der Waals surface area contributed by atoms with Crippen LogP contribution in [0.15, 0.2) is 78.9 Å². The highest BCUT2D eigenvalue weighted by atomic mass is 32.2. The number of hydrogen-bond acceptors (Lipinski definition) is 7. The van der Waals surface area contributed by atoms with E-state index >= 15 is 0 Å². The zero-order valence-electron chi connectivity index (χ0n) is 25.1. The van der Waals surface area contributed by atoms with E-state index in [1.807, 2.05) is 30.3 Å². The van der Waals surface area contributed by atoms with Crippen LogP contribution in [0.3, 0.4) is 0 Å². The van der Waals surface area contributed by atoms with Crippen LogP contribution in [0.1, 0.15) is 53.5 Å². The van der Waals surface area contributed by atoms with Gasteiger partial charge in [0.05, 0.1) is 17.4 Å². The molecule has 4 amide bonds. The number of nitrogens with zero attached hydrogens (tertiary/aromatic N) is 1. The Morgan fingerprint density at radius 1 is 0.826 bits per heavy atom. The molecular formula is C33H36N6O6S. The number of carbonyl (C=O) groups excluding carboxylic acids is 4. The van der Waals surface area contributed by atoms with Crippen molar-refractivity contribution in [3.8, 4) is 6.07 Å². The second-order valence-electron chi connectivity index (χ2n) is 11.0. The molecule has 5 N–H and O–H groups in total. The van der Waals surface area contributed by atoms with Crippen LogP contribution >= 0.6 is 0 Å². The smallest absolute Gasteiger partial charge is 0.242 e. The average molecular weight is 645 g/mol. The maximum atomic E-state index is 13.6. The normalized spacial score (nSPS) is 18.2. The van der Waals surface area contributed by atoms with Crippen LogP contribution in [0.5, 0.6) is 0 Å². The molecule has 0 aliphatic carbocycles. The van der Waals surface area contributed by atoms with E-state index in [1.54, 1.807) is 54.6 Å². The first-order valence-corrected chi connectivity index (χ1v) is 16.5. The summed E-state index contributed by atoms with van der Waals surface area (Å²) in [6.07, 6.45) is -0.507. The van der Waals surface area contributed by atoms with Gasteiger partial charge in [-0.1, -0.05) is 66.7 Å². The van der Waals surface area contributed by atoms with E-state index < -0.39 is 39.7 Å². The van der Waals surface area contributed by atoms with Crippen molar-refractivity contribution in [3.63, 3.8) is 0 Å². The molecular weight excluding hydrogens is 608 g/mol. The Morgan fingerprint density at radius 2 is 1.46 bits per heavy atom. The number of rotatable bonds is 7. The maximum Gasteiger partial charge on any atom is 0.242 e. The van der Waals surface area contributed by atoms with Crippen LogP contribution in [0.2, 0.25) is 0 Å². The Labute approximate surface area is 268 Å². The van der Waals surface area contributed by atoms with Crippen LogP contribution in [-0.4, -0.2) is 44.1 Å². The van der Waals surface area contributed by atoms with Gasteiger partial charge in [0.2, 0.25) is 33.7 Å². The monoisotopic (exact) mass is 644 g/mol. The molecule has 3 aromatic rings. The summed E-state index contributed by atoms with van der Waals surface area (Å²) in [5, 5.41) is 20.0. The molecule has 1 heterocycles. The van der Waals surface area contributed by atoms with Crippen LogP contribution in [0.4, 0.5) is 0 Å². The number of fused-ring (bicyclic) bond motifs is 2. The molecule has 46 heavy (non-hydrogen) atoms.